The molecule has 1 aliphatic heterocycles. The fraction of sp³-hybridized carbons (Fsp3) is 0.562. The summed E-state index contributed by atoms with van der Waals surface area (Å²) in [6.45, 7) is 2.05. The van der Waals surface area contributed by atoms with Crippen LogP contribution in [0.3, 0.4) is 0 Å². The van der Waals surface area contributed by atoms with E-state index in [9.17, 15) is 22.0 Å². The fourth-order valence-electron chi connectivity index (χ4n) is 2.44. The minimum atomic E-state index is -3.41. The molecule has 1 saturated heterocycles. The van der Waals surface area contributed by atoms with Crippen molar-refractivity contribution in [3.8, 4) is 0 Å². The van der Waals surface area contributed by atoms with Gasteiger partial charge in [-0.3, -0.25) is 9.52 Å². The standard InChI is InChI=1S/C16H22F2N2O4S/c1-2-3-10-25(22,23)19-13-6-4-12(5-7-13)16(21)20-8-9-24-14(11-20)15(17)18/h4-7,14-15,19H,2-3,8-11H2,1H3/t14-/m1/s1. The van der Waals surface area contributed by atoms with Crippen molar-refractivity contribution in [2.24, 2.45) is 0 Å². The molecular weight excluding hydrogens is 354 g/mol. The average Bonchev–Trinajstić information content (AvgIpc) is 2.60. The van der Waals surface area contributed by atoms with Crippen LogP contribution < -0.4 is 4.72 Å². The Kier molecular flexibility index (Phi) is 6.71. The number of nitrogens with zero attached hydrogens (tertiary/aromatic N) is 1. The maximum atomic E-state index is 12.7. The lowest BCUT2D eigenvalue weighted by Gasteiger charge is -2.32. The molecule has 6 nitrogen and oxygen atoms in total. The first-order valence-corrected chi connectivity index (χ1v) is 9.77. The Hall–Kier alpha value is -1.74. The summed E-state index contributed by atoms with van der Waals surface area (Å²) in [5.74, 6) is -0.346. The molecular formula is C16H22F2N2O4S. The number of hydrogen-bond acceptors (Lipinski definition) is 4. The monoisotopic (exact) mass is 376 g/mol. The van der Waals surface area contributed by atoms with Gasteiger partial charge in [0.25, 0.3) is 12.3 Å². The van der Waals surface area contributed by atoms with Gasteiger partial charge in [-0.1, -0.05) is 13.3 Å². The lowest BCUT2D eigenvalue weighted by atomic mass is 10.1. The Labute approximate surface area is 146 Å². The molecule has 0 saturated carbocycles. The van der Waals surface area contributed by atoms with E-state index in [2.05, 4.69) is 4.72 Å². The zero-order valence-corrected chi connectivity index (χ0v) is 14.8. The molecule has 2 rings (SSSR count). The zero-order valence-electron chi connectivity index (χ0n) is 14.0. The Morgan fingerprint density at radius 2 is 2.04 bits per heavy atom. The molecule has 1 N–H and O–H groups in total. The summed E-state index contributed by atoms with van der Waals surface area (Å²) in [5, 5.41) is 0. The molecule has 140 valence electrons. The van der Waals surface area contributed by atoms with Crippen LogP contribution in [0.15, 0.2) is 24.3 Å². The number of carbonyl (C=O) groups excluding carboxylic acids is 1. The zero-order chi connectivity index (χ0) is 18.4. The van der Waals surface area contributed by atoms with Gasteiger partial charge in [0.2, 0.25) is 10.0 Å². The molecule has 0 aromatic heterocycles. The molecule has 1 heterocycles. The van der Waals surface area contributed by atoms with Crippen LogP contribution in [0.5, 0.6) is 0 Å². The van der Waals surface area contributed by atoms with E-state index in [0.717, 1.165) is 6.42 Å². The summed E-state index contributed by atoms with van der Waals surface area (Å²) in [7, 11) is -3.41. The highest BCUT2D eigenvalue weighted by atomic mass is 32.2. The summed E-state index contributed by atoms with van der Waals surface area (Å²) in [6, 6.07) is 5.93. The van der Waals surface area contributed by atoms with Crippen molar-refractivity contribution in [2.45, 2.75) is 32.3 Å². The second kappa shape index (κ2) is 8.57. The largest absolute Gasteiger partial charge is 0.369 e. The molecule has 1 aromatic rings. The number of unbranched alkanes of at least 4 members (excludes halogenated alkanes) is 1. The third kappa shape index (κ3) is 5.64. The van der Waals surface area contributed by atoms with Crippen molar-refractivity contribution >= 4 is 21.6 Å². The lowest BCUT2D eigenvalue weighted by molar-refractivity contribution is -0.0942. The molecule has 1 aliphatic rings. The summed E-state index contributed by atoms with van der Waals surface area (Å²) in [6.07, 6.45) is -2.58. The molecule has 0 radical (unpaired) electrons. The summed E-state index contributed by atoms with van der Waals surface area (Å²) in [4.78, 5) is 13.7. The van der Waals surface area contributed by atoms with Crippen LogP contribution in [-0.4, -0.2) is 57.2 Å². The first-order valence-electron chi connectivity index (χ1n) is 8.12. The molecule has 1 fully saturated rings. The van der Waals surface area contributed by atoms with Crippen molar-refractivity contribution in [3.05, 3.63) is 29.8 Å². The molecule has 9 heteroatoms. The van der Waals surface area contributed by atoms with E-state index >= 15 is 0 Å². The van der Waals surface area contributed by atoms with Crippen LogP contribution in [0, 0.1) is 0 Å². The first-order chi connectivity index (χ1) is 11.8. The van der Waals surface area contributed by atoms with E-state index in [1.807, 2.05) is 6.92 Å². The second-order valence-corrected chi connectivity index (χ2v) is 7.69. The number of nitrogens with one attached hydrogen (secondary N) is 1. The van der Waals surface area contributed by atoms with Crippen LogP contribution in [0.1, 0.15) is 30.1 Å². The number of anilines is 1. The highest BCUT2D eigenvalue weighted by Crippen LogP contribution is 2.17. The number of sulfonamides is 1. The van der Waals surface area contributed by atoms with Gasteiger partial charge in [0.05, 0.1) is 18.9 Å². The number of hydrogen-bond donors (Lipinski definition) is 1. The molecule has 0 unspecified atom stereocenters. The number of morpholine rings is 1. The predicted octanol–water partition coefficient (Wildman–Crippen LogP) is 2.33. The number of carbonyl (C=O) groups is 1. The minimum absolute atomic E-state index is 0.0347. The van der Waals surface area contributed by atoms with Gasteiger partial charge in [-0.2, -0.15) is 0 Å². The van der Waals surface area contributed by atoms with Gasteiger partial charge < -0.3 is 9.64 Å². The molecule has 1 aromatic carbocycles. The van der Waals surface area contributed by atoms with Crippen LogP contribution in [0.25, 0.3) is 0 Å². The smallest absolute Gasteiger partial charge is 0.266 e. The summed E-state index contributed by atoms with van der Waals surface area (Å²) >= 11 is 0. The van der Waals surface area contributed by atoms with Gasteiger partial charge in [0.1, 0.15) is 6.10 Å². The van der Waals surface area contributed by atoms with E-state index in [1.54, 1.807) is 0 Å². The van der Waals surface area contributed by atoms with Gasteiger partial charge >= 0.3 is 0 Å². The van der Waals surface area contributed by atoms with Gasteiger partial charge in [-0.25, -0.2) is 17.2 Å². The maximum Gasteiger partial charge on any atom is 0.266 e. The quantitative estimate of drug-likeness (QED) is 0.793. The third-order valence-electron chi connectivity index (χ3n) is 3.83. The van der Waals surface area contributed by atoms with E-state index in [4.69, 9.17) is 4.74 Å². The van der Waals surface area contributed by atoms with Gasteiger partial charge in [0.15, 0.2) is 0 Å². The number of amides is 1. The SMILES string of the molecule is CCCCS(=O)(=O)Nc1ccc(C(=O)N2CCO[C@@H](C(F)F)C2)cc1. The van der Waals surface area contributed by atoms with Crippen molar-refractivity contribution in [1.29, 1.82) is 0 Å². The summed E-state index contributed by atoms with van der Waals surface area (Å²) < 4.78 is 56.6. The molecule has 1 atom stereocenters. The average molecular weight is 376 g/mol. The Morgan fingerprint density at radius 3 is 2.64 bits per heavy atom. The van der Waals surface area contributed by atoms with E-state index < -0.39 is 22.6 Å². The van der Waals surface area contributed by atoms with E-state index in [-0.39, 0.29) is 31.4 Å². The third-order valence-corrected chi connectivity index (χ3v) is 5.21. The number of benzene rings is 1. The van der Waals surface area contributed by atoms with Gasteiger partial charge in [0, 0.05) is 17.8 Å². The van der Waals surface area contributed by atoms with Crippen molar-refractivity contribution in [1.82, 2.24) is 4.90 Å². The summed E-state index contributed by atoms with van der Waals surface area (Å²) in [5.41, 5.74) is 0.673. The van der Waals surface area contributed by atoms with E-state index in [0.29, 0.717) is 17.7 Å². The molecule has 25 heavy (non-hydrogen) atoms. The normalized spacial score (nSPS) is 18.4. The minimum Gasteiger partial charge on any atom is -0.369 e. The molecule has 1 amide bonds. The maximum absolute atomic E-state index is 12.7. The van der Waals surface area contributed by atoms with Crippen LogP contribution in [0.2, 0.25) is 0 Å². The van der Waals surface area contributed by atoms with Crippen LogP contribution in [-0.2, 0) is 14.8 Å². The number of ether oxygens (including phenoxy) is 1. The van der Waals surface area contributed by atoms with E-state index in [1.165, 1.54) is 29.2 Å². The predicted molar refractivity (Wildman–Crippen MR) is 90.4 cm³/mol. The first kappa shape index (κ1) is 19.6. The topological polar surface area (TPSA) is 75.7 Å². The van der Waals surface area contributed by atoms with Crippen molar-refractivity contribution < 1.29 is 26.7 Å². The highest BCUT2D eigenvalue weighted by molar-refractivity contribution is 7.92. The molecule has 0 bridgehead atoms. The Balaban J connectivity index is 2.00. The van der Waals surface area contributed by atoms with Gasteiger partial charge in [-0.05, 0) is 30.7 Å². The van der Waals surface area contributed by atoms with Crippen molar-refractivity contribution in [2.75, 3.05) is 30.2 Å². The number of alkyl halides is 2. The number of rotatable bonds is 7. The molecule has 0 spiro atoms. The Morgan fingerprint density at radius 1 is 1.36 bits per heavy atom. The van der Waals surface area contributed by atoms with Crippen LogP contribution >= 0.6 is 0 Å². The Bertz CT molecular complexity index is 680. The van der Waals surface area contributed by atoms with Gasteiger partial charge in [-0.15, -0.1) is 0 Å². The second-order valence-electron chi connectivity index (χ2n) is 5.85. The van der Waals surface area contributed by atoms with Crippen LogP contribution in [0.4, 0.5) is 14.5 Å². The molecule has 0 aliphatic carbocycles. The van der Waals surface area contributed by atoms with Crippen molar-refractivity contribution in [3.63, 3.8) is 0 Å². The number of halogens is 2. The lowest BCUT2D eigenvalue weighted by Crippen LogP contribution is -2.48. The highest BCUT2D eigenvalue weighted by Gasteiger charge is 2.30. The fourth-order valence-corrected chi connectivity index (χ4v) is 3.71.